The predicted octanol–water partition coefficient (Wildman–Crippen LogP) is 5.17. The molecule has 1 aromatic heterocycles. The molecule has 0 saturated carbocycles. The van der Waals surface area contributed by atoms with E-state index in [-0.39, 0.29) is 11.6 Å². The van der Waals surface area contributed by atoms with E-state index in [0.29, 0.717) is 5.75 Å². The number of H-pyrrole nitrogens is 1. The lowest BCUT2D eigenvalue weighted by Crippen LogP contribution is -1.92. The van der Waals surface area contributed by atoms with Gasteiger partial charge >= 0.3 is 0 Å². The molecule has 0 amide bonds. The highest BCUT2D eigenvalue weighted by Gasteiger charge is 2.13. The molecule has 0 spiro atoms. The van der Waals surface area contributed by atoms with Crippen LogP contribution in [0.2, 0.25) is 0 Å². The number of aryl methyl sites for hydroxylation is 1. The van der Waals surface area contributed by atoms with Crippen molar-refractivity contribution in [3.8, 4) is 11.5 Å². The third-order valence-electron chi connectivity index (χ3n) is 3.03. The van der Waals surface area contributed by atoms with Crippen LogP contribution in [-0.4, -0.2) is 4.98 Å². The lowest BCUT2D eigenvalue weighted by Gasteiger charge is -2.11. The number of halogens is 2. The van der Waals surface area contributed by atoms with Crippen molar-refractivity contribution < 1.29 is 9.13 Å². The number of hydrogen-bond donors (Lipinski definition) is 1. The number of ether oxygens (including phenoxy) is 1. The summed E-state index contributed by atoms with van der Waals surface area (Å²) < 4.78 is 20.7. The molecule has 2 aromatic carbocycles. The number of rotatable bonds is 2. The number of benzene rings is 2. The first-order chi connectivity index (χ1) is 9.15. The molecule has 0 atom stereocenters. The molecule has 3 rings (SSSR count). The lowest BCUT2D eigenvalue weighted by atomic mass is 10.1. The van der Waals surface area contributed by atoms with E-state index in [1.807, 2.05) is 25.1 Å². The van der Waals surface area contributed by atoms with E-state index in [9.17, 15) is 4.39 Å². The van der Waals surface area contributed by atoms with Crippen LogP contribution >= 0.6 is 15.9 Å². The number of nitrogens with one attached hydrogen (secondary N) is 1. The second kappa shape index (κ2) is 4.70. The van der Waals surface area contributed by atoms with Crippen LogP contribution in [0.3, 0.4) is 0 Å². The monoisotopic (exact) mass is 319 g/mol. The number of fused-ring (bicyclic) bond motifs is 1. The van der Waals surface area contributed by atoms with Gasteiger partial charge in [0.2, 0.25) is 0 Å². The van der Waals surface area contributed by atoms with Crippen molar-refractivity contribution >= 4 is 26.8 Å². The van der Waals surface area contributed by atoms with Crippen molar-refractivity contribution in [3.05, 3.63) is 58.4 Å². The van der Waals surface area contributed by atoms with Crippen LogP contribution in [0.15, 0.2) is 47.1 Å². The molecule has 0 radical (unpaired) electrons. The maximum absolute atomic E-state index is 14.1. The van der Waals surface area contributed by atoms with Gasteiger partial charge in [-0.05, 0) is 31.2 Å². The van der Waals surface area contributed by atoms with Crippen molar-refractivity contribution in [3.63, 3.8) is 0 Å². The van der Waals surface area contributed by atoms with E-state index < -0.39 is 0 Å². The van der Waals surface area contributed by atoms with E-state index in [1.165, 1.54) is 6.07 Å². The Bertz CT molecular complexity index is 751. The third kappa shape index (κ3) is 2.24. The summed E-state index contributed by atoms with van der Waals surface area (Å²) in [7, 11) is 0. The molecule has 1 heterocycles. The first kappa shape index (κ1) is 12.2. The third-order valence-corrected chi connectivity index (χ3v) is 3.52. The van der Waals surface area contributed by atoms with Gasteiger partial charge in [-0.2, -0.15) is 0 Å². The fraction of sp³-hybridized carbons (Fsp3) is 0.0667. The summed E-state index contributed by atoms with van der Waals surface area (Å²) in [5.41, 5.74) is 1.56. The molecule has 0 bridgehead atoms. The van der Waals surface area contributed by atoms with Crippen molar-refractivity contribution in [2.75, 3.05) is 0 Å². The molecule has 1 N–H and O–H groups in total. The first-order valence-electron chi connectivity index (χ1n) is 5.85. The summed E-state index contributed by atoms with van der Waals surface area (Å²) >= 11 is 3.37. The molecule has 96 valence electrons. The van der Waals surface area contributed by atoms with Crippen molar-refractivity contribution in [1.82, 2.24) is 4.98 Å². The molecule has 0 saturated heterocycles. The summed E-state index contributed by atoms with van der Waals surface area (Å²) in [5, 5.41) is 0.964. The predicted molar refractivity (Wildman–Crippen MR) is 77.2 cm³/mol. The van der Waals surface area contributed by atoms with Gasteiger partial charge < -0.3 is 9.72 Å². The van der Waals surface area contributed by atoms with Crippen molar-refractivity contribution in [1.29, 1.82) is 0 Å². The lowest BCUT2D eigenvalue weighted by molar-refractivity contribution is 0.440. The molecule has 0 aliphatic carbocycles. The van der Waals surface area contributed by atoms with Crippen LogP contribution in [0.5, 0.6) is 11.5 Å². The Morgan fingerprint density at radius 3 is 2.84 bits per heavy atom. The quantitative estimate of drug-likeness (QED) is 0.692. The number of aromatic nitrogens is 1. The SMILES string of the molecule is Cc1c(Oc2cccc(Br)c2)c(F)cc2[nH]ccc12. The molecular formula is C15H11BrFNO. The minimum atomic E-state index is -0.368. The van der Waals surface area contributed by atoms with Gasteiger partial charge in [-0.1, -0.05) is 22.0 Å². The van der Waals surface area contributed by atoms with Gasteiger partial charge in [-0.3, -0.25) is 0 Å². The molecule has 4 heteroatoms. The van der Waals surface area contributed by atoms with Crippen LogP contribution in [-0.2, 0) is 0 Å². The van der Waals surface area contributed by atoms with Crippen LogP contribution in [0.4, 0.5) is 4.39 Å². The normalized spacial score (nSPS) is 10.9. The average molecular weight is 320 g/mol. The molecule has 0 aliphatic rings. The topological polar surface area (TPSA) is 25.0 Å². The van der Waals surface area contributed by atoms with E-state index >= 15 is 0 Å². The summed E-state index contributed by atoms with van der Waals surface area (Å²) in [5.74, 6) is 0.504. The highest BCUT2D eigenvalue weighted by atomic mass is 79.9. The van der Waals surface area contributed by atoms with Gasteiger partial charge in [0, 0.05) is 33.2 Å². The van der Waals surface area contributed by atoms with Crippen LogP contribution < -0.4 is 4.74 Å². The zero-order valence-corrected chi connectivity index (χ0v) is 11.8. The van der Waals surface area contributed by atoms with Gasteiger partial charge in [0.15, 0.2) is 11.6 Å². The molecule has 0 fully saturated rings. The Morgan fingerprint density at radius 1 is 1.21 bits per heavy atom. The number of aromatic amines is 1. The second-order valence-electron chi connectivity index (χ2n) is 4.31. The summed E-state index contributed by atoms with van der Waals surface area (Å²) in [4.78, 5) is 3.00. The highest BCUT2D eigenvalue weighted by Crippen LogP contribution is 2.34. The smallest absolute Gasteiger partial charge is 0.168 e. The Labute approximate surface area is 118 Å². The van der Waals surface area contributed by atoms with Gasteiger partial charge in [0.25, 0.3) is 0 Å². The molecule has 19 heavy (non-hydrogen) atoms. The van der Waals surface area contributed by atoms with Gasteiger partial charge in [0.05, 0.1) is 0 Å². The standard InChI is InChI=1S/C15H11BrFNO/c1-9-12-5-6-18-14(12)8-13(17)15(9)19-11-4-2-3-10(16)7-11/h2-8,18H,1H3. The van der Waals surface area contributed by atoms with Crippen LogP contribution in [0.25, 0.3) is 10.9 Å². The maximum atomic E-state index is 14.1. The summed E-state index contributed by atoms with van der Waals surface area (Å²) in [6.07, 6.45) is 1.79. The van der Waals surface area contributed by atoms with E-state index in [1.54, 1.807) is 18.3 Å². The molecule has 0 unspecified atom stereocenters. The largest absolute Gasteiger partial charge is 0.454 e. The Hall–Kier alpha value is -1.81. The van der Waals surface area contributed by atoms with Gasteiger partial charge in [-0.15, -0.1) is 0 Å². The molecular weight excluding hydrogens is 309 g/mol. The molecule has 3 aromatic rings. The van der Waals surface area contributed by atoms with Gasteiger partial charge in [-0.25, -0.2) is 4.39 Å². The highest BCUT2D eigenvalue weighted by molar-refractivity contribution is 9.10. The van der Waals surface area contributed by atoms with Crippen LogP contribution in [0.1, 0.15) is 5.56 Å². The Kier molecular flexibility index (Phi) is 3.03. The minimum Gasteiger partial charge on any atom is -0.454 e. The summed E-state index contributed by atoms with van der Waals surface area (Å²) in [6, 6.07) is 10.7. The zero-order chi connectivity index (χ0) is 13.4. The zero-order valence-electron chi connectivity index (χ0n) is 10.2. The Morgan fingerprint density at radius 2 is 2.05 bits per heavy atom. The maximum Gasteiger partial charge on any atom is 0.168 e. The van der Waals surface area contributed by atoms with Gasteiger partial charge in [0.1, 0.15) is 5.75 Å². The van der Waals surface area contributed by atoms with Crippen molar-refractivity contribution in [2.45, 2.75) is 6.92 Å². The van der Waals surface area contributed by atoms with E-state index in [4.69, 9.17) is 4.74 Å². The van der Waals surface area contributed by atoms with Crippen LogP contribution in [0, 0.1) is 12.7 Å². The first-order valence-corrected chi connectivity index (χ1v) is 6.64. The van der Waals surface area contributed by atoms with Crippen molar-refractivity contribution in [2.24, 2.45) is 0 Å². The minimum absolute atomic E-state index is 0.269. The second-order valence-corrected chi connectivity index (χ2v) is 5.23. The average Bonchev–Trinajstić information content (AvgIpc) is 2.83. The fourth-order valence-corrected chi connectivity index (χ4v) is 2.47. The summed E-state index contributed by atoms with van der Waals surface area (Å²) in [6.45, 7) is 1.85. The molecule has 0 aliphatic heterocycles. The molecule has 2 nitrogen and oxygen atoms in total. The number of hydrogen-bond acceptors (Lipinski definition) is 1. The Balaban J connectivity index is 2.09. The fourth-order valence-electron chi connectivity index (χ4n) is 2.10. The van der Waals surface area contributed by atoms with E-state index in [2.05, 4.69) is 20.9 Å². The van der Waals surface area contributed by atoms with E-state index in [0.717, 1.165) is 20.9 Å².